The van der Waals surface area contributed by atoms with Crippen LogP contribution in [0.25, 0.3) is 0 Å². The molecule has 0 aliphatic carbocycles. The maximum absolute atomic E-state index is 9.70. The van der Waals surface area contributed by atoms with Crippen LogP contribution in [0.4, 0.5) is 0 Å². The fraction of sp³-hybridized carbons (Fsp3) is 0.800. The minimum Gasteiger partial charge on any atom is -0.390 e. The first-order chi connectivity index (χ1) is 7.26. The Bertz CT molecular complexity index is 198. The zero-order valence-corrected chi connectivity index (χ0v) is 9.39. The molecular weight excluding hydrogens is 192 g/mol. The molecular formula is C10H22N4O. The van der Waals surface area contributed by atoms with E-state index in [0.29, 0.717) is 19.6 Å². The van der Waals surface area contributed by atoms with Gasteiger partial charge >= 0.3 is 0 Å². The summed E-state index contributed by atoms with van der Waals surface area (Å²) in [6.07, 6.45) is 3.74. The molecule has 0 saturated heterocycles. The Labute approximate surface area is 91.5 Å². The van der Waals surface area contributed by atoms with E-state index in [0.717, 1.165) is 19.8 Å². The highest BCUT2D eigenvalue weighted by Gasteiger charge is 2.13. The van der Waals surface area contributed by atoms with Crippen LogP contribution in [0.5, 0.6) is 0 Å². The monoisotopic (exact) mass is 214 g/mol. The van der Waals surface area contributed by atoms with Crippen LogP contribution >= 0.6 is 0 Å². The molecule has 1 rings (SSSR count). The molecule has 1 atom stereocenters. The van der Waals surface area contributed by atoms with Crippen molar-refractivity contribution in [2.24, 2.45) is 5.73 Å². The minimum atomic E-state index is -0.335. The number of aliphatic hydroxyl groups is 1. The van der Waals surface area contributed by atoms with Gasteiger partial charge in [0, 0.05) is 45.1 Å². The lowest BCUT2D eigenvalue weighted by atomic mass is 10.3. The third-order valence-electron chi connectivity index (χ3n) is 2.40. The van der Waals surface area contributed by atoms with Crippen molar-refractivity contribution in [3.8, 4) is 0 Å². The quantitative estimate of drug-likeness (QED) is 0.473. The van der Waals surface area contributed by atoms with E-state index >= 15 is 0 Å². The van der Waals surface area contributed by atoms with Crippen molar-refractivity contribution in [1.29, 1.82) is 0 Å². The molecule has 88 valence electrons. The highest BCUT2D eigenvalue weighted by atomic mass is 16.3. The third kappa shape index (κ3) is 4.51. The first-order valence-electron chi connectivity index (χ1n) is 5.51. The molecule has 4 N–H and O–H groups in total. The van der Waals surface area contributed by atoms with Crippen molar-refractivity contribution in [1.82, 2.24) is 15.1 Å². The Balaban J connectivity index is 2.11. The van der Waals surface area contributed by atoms with E-state index in [-0.39, 0.29) is 6.10 Å². The van der Waals surface area contributed by atoms with Crippen molar-refractivity contribution < 1.29 is 5.11 Å². The molecule has 5 nitrogen and oxygen atoms in total. The number of rotatable bonds is 7. The van der Waals surface area contributed by atoms with Gasteiger partial charge in [-0.15, -0.1) is 0 Å². The van der Waals surface area contributed by atoms with Crippen LogP contribution in [0.15, 0.2) is 12.4 Å². The number of hydrogen-bond acceptors (Lipinski definition) is 5. The molecule has 0 fully saturated rings. The number of aliphatic hydroxyl groups excluding tert-OH is 1. The van der Waals surface area contributed by atoms with E-state index in [1.807, 2.05) is 6.20 Å². The lowest BCUT2D eigenvalue weighted by molar-refractivity contribution is 0.123. The lowest BCUT2D eigenvalue weighted by Gasteiger charge is -2.22. The normalized spacial score (nSPS) is 17.5. The van der Waals surface area contributed by atoms with Crippen LogP contribution in [-0.2, 0) is 0 Å². The topological polar surface area (TPSA) is 64.8 Å². The molecule has 5 heteroatoms. The number of hydrogen-bond donors (Lipinski definition) is 3. The number of β-amino-alcohol motifs (C(OH)–C–C–N with tert-alkyl or cyclic N) is 1. The minimum absolute atomic E-state index is 0.335. The van der Waals surface area contributed by atoms with Crippen molar-refractivity contribution >= 4 is 0 Å². The first-order valence-corrected chi connectivity index (χ1v) is 5.51. The zero-order chi connectivity index (χ0) is 11.1. The SMILES string of the molecule is CCN1C=CN(CC(O)CNCCN)C1. The highest BCUT2D eigenvalue weighted by molar-refractivity contribution is 4.90. The molecule has 0 aromatic rings. The summed E-state index contributed by atoms with van der Waals surface area (Å²) >= 11 is 0. The average Bonchev–Trinajstić information content (AvgIpc) is 2.66. The van der Waals surface area contributed by atoms with Crippen LogP contribution < -0.4 is 11.1 Å². The van der Waals surface area contributed by atoms with E-state index in [1.165, 1.54) is 0 Å². The zero-order valence-electron chi connectivity index (χ0n) is 9.39. The van der Waals surface area contributed by atoms with E-state index in [2.05, 4.69) is 28.2 Å². The van der Waals surface area contributed by atoms with E-state index in [9.17, 15) is 5.11 Å². The molecule has 1 aliphatic rings. The lowest BCUT2D eigenvalue weighted by Crippen LogP contribution is -2.38. The van der Waals surface area contributed by atoms with Crippen molar-refractivity contribution in [3.63, 3.8) is 0 Å². The second-order valence-electron chi connectivity index (χ2n) is 3.76. The van der Waals surface area contributed by atoms with Gasteiger partial charge in [-0.05, 0) is 6.92 Å². The summed E-state index contributed by atoms with van der Waals surface area (Å²) in [4.78, 5) is 4.30. The second-order valence-corrected chi connectivity index (χ2v) is 3.76. The summed E-state index contributed by atoms with van der Waals surface area (Å²) in [7, 11) is 0. The summed E-state index contributed by atoms with van der Waals surface area (Å²) in [5.41, 5.74) is 5.34. The van der Waals surface area contributed by atoms with E-state index in [1.54, 1.807) is 0 Å². The molecule has 0 aromatic heterocycles. The van der Waals surface area contributed by atoms with Gasteiger partial charge in [-0.1, -0.05) is 0 Å². The highest BCUT2D eigenvalue weighted by Crippen LogP contribution is 2.05. The van der Waals surface area contributed by atoms with Gasteiger partial charge in [0.05, 0.1) is 12.8 Å². The molecule has 15 heavy (non-hydrogen) atoms. The van der Waals surface area contributed by atoms with Crippen molar-refractivity contribution in [2.45, 2.75) is 13.0 Å². The van der Waals surface area contributed by atoms with Gasteiger partial charge in [0.25, 0.3) is 0 Å². The van der Waals surface area contributed by atoms with Crippen LogP contribution in [-0.4, -0.2) is 60.4 Å². The first kappa shape index (κ1) is 12.3. The van der Waals surface area contributed by atoms with Crippen LogP contribution in [0.3, 0.4) is 0 Å². The molecule has 0 aromatic carbocycles. The average molecular weight is 214 g/mol. The van der Waals surface area contributed by atoms with Gasteiger partial charge < -0.3 is 26.0 Å². The largest absolute Gasteiger partial charge is 0.390 e. The number of nitrogens with one attached hydrogen (secondary N) is 1. The molecule has 0 amide bonds. The van der Waals surface area contributed by atoms with E-state index < -0.39 is 0 Å². The van der Waals surface area contributed by atoms with Gasteiger partial charge in [0.15, 0.2) is 0 Å². The van der Waals surface area contributed by atoms with Gasteiger partial charge in [-0.2, -0.15) is 0 Å². The molecule has 1 heterocycles. The fourth-order valence-electron chi connectivity index (χ4n) is 1.55. The maximum Gasteiger partial charge on any atom is 0.0894 e. The maximum atomic E-state index is 9.70. The predicted octanol–water partition coefficient (Wildman–Crippen LogP) is -1.04. The Morgan fingerprint density at radius 3 is 2.80 bits per heavy atom. The summed E-state index contributed by atoms with van der Waals surface area (Å²) < 4.78 is 0. The molecule has 0 saturated carbocycles. The summed E-state index contributed by atoms with van der Waals surface area (Å²) in [6, 6.07) is 0. The van der Waals surface area contributed by atoms with Crippen LogP contribution in [0.1, 0.15) is 6.92 Å². The Kier molecular flexibility index (Phi) is 5.45. The van der Waals surface area contributed by atoms with E-state index in [4.69, 9.17) is 5.73 Å². The van der Waals surface area contributed by atoms with Crippen molar-refractivity contribution in [3.05, 3.63) is 12.4 Å². The van der Waals surface area contributed by atoms with Crippen molar-refractivity contribution in [2.75, 3.05) is 39.4 Å². The number of nitrogens with two attached hydrogens (primary N) is 1. The second kappa shape index (κ2) is 6.66. The third-order valence-corrected chi connectivity index (χ3v) is 2.40. The van der Waals surface area contributed by atoms with Gasteiger partial charge in [0.1, 0.15) is 0 Å². The standard InChI is InChI=1S/C10H22N4O/c1-2-13-5-6-14(9-13)8-10(15)7-12-4-3-11/h5-6,10,12,15H,2-4,7-9,11H2,1H3. The Morgan fingerprint density at radius 2 is 2.20 bits per heavy atom. The van der Waals surface area contributed by atoms with Gasteiger partial charge in [-0.25, -0.2) is 0 Å². The smallest absolute Gasteiger partial charge is 0.0894 e. The van der Waals surface area contributed by atoms with Gasteiger partial charge in [0.2, 0.25) is 0 Å². The summed E-state index contributed by atoms with van der Waals surface area (Å²) in [6.45, 7) is 6.65. The molecule has 0 bridgehead atoms. The summed E-state index contributed by atoms with van der Waals surface area (Å²) in [5, 5.41) is 12.8. The van der Waals surface area contributed by atoms with Crippen LogP contribution in [0.2, 0.25) is 0 Å². The van der Waals surface area contributed by atoms with Gasteiger partial charge in [-0.3, -0.25) is 0 Å². The molecule has 1 aliphatic heterocycles. The molecule has 0 spiro atoms. The molecule has 1 unspecified atom stereocenters. The van der Waals surface area contributed by atoms with Crippen LogP contribution in [0, 0.1) is 0 Å². The number of nitrogens with zero attached hydrogens (tertiary/aromatic N) is 2. The fourth-order valence-corrected chi connectivity index (χ4v) is 1.55. The predicted molar refractivity (Wildman–Crippen MR) is 61.0 cm³/mol. The Hall–Kier alpha value is -0.780. The molecule has 0 radical (unpaired) electrons. The summed E-state index contributed by atoms with van der Waals surface area (Å²) in [5.74, 6) is 0. The Morgan fingerprint density at radius 1 is 1.47 bits per heavy atom.